The maximum absolute atomic E-state index is 5.10. The topological polar surface area (TPSA) is 12.5 Å². The quantitative estimate of drug-likeness (QED) is 0.576. The van der Waals surface area contributed by atoms with E-state index in [0.717, 1.165) is 13.1 Å². The Bertz CT molecular complexity index is 89.3. The Morgan fingerprint density at radius 1 is 1.30 bits per heavy atom. The lowest BCUT2D eigenvalue weighted by molar-refractivity contribution is -0.00972. The van der Waals surface area contributed by atoms with Gasteiger partial charge >= 0.3 is 0 Å². The Morgan fingerprint density at radius 2 is 1.90 bits per heavy atom. The van der Waals surface area contributed by atoms with Crippen LogP contribution in [0.5, 0.6) is 0 Å². The van der Waals surface area contributed by atoms with E-state index in [1.54, 1.807) is 7.11 Å². The first-order valence-electron chi connectivity index (χ1n) is 3.94. The molecule has 0 saturated carbocycles. The number of likely N-dealkylation sites (tertiary alicyclic amines) is 1. The molecule has 10 heavy (non-hydrogen) atoms. The third-order valence-corrected chi connectivity index (χ3v) is 2.07. The molecule has 59 valence electrons. The minimum atomic E-state index is 0.0697. The molecule has 0 aromatic heterocycles. The Hall–Kier alpha value is -0.0800. The van der Waals surface area contributed by atoms with E-state index in [-0.39, 0.29) is 6.23 Å². The molecular weight excluding hydrogens is 126 g/mol. The minimum Gasteiger partial charge on any atom is -0.366 e. The highest BCUT2D eigenvalue weighted by Gasteiger charge is 2.14. The van der Waals surface area contributed by atoms with E-state index in [4.69, 9.17) is 4.74 Å². The van der Waals surface area contributed by atoms with Crippen molar-refractivity contribution in [3.63, 3.8) is 0 Å². The van der Waals surface area contributed by atoms with Crippen molar-refractivity contribution in [1.29, 1.82) is 0 Å². The van der Waals surface area contributed by atoms with Crippen LogP contribution < -0.4 is 0 Å². The molecule has 1 aliphatic rings. The molecule has 2 nitrogen and oxygen atoms in total. The van der Waals surface area contributed by atoms with Gasteiger partial charge in [0, 0.05) is 20.2 Å². The smallest absolute Gasteiger partial charge is 0.110 e. The first kappa shape index (κ1) is 8.02. The molecule has 1 radical (unpaired) electrons. The van der Waals surface area contributed by atoms with Crippen LogP contribution in [-0.2, 0) is 4.74 Å². The van der Waals surface area contributed by atoms with Gasteiger partial charge in [-0.05, 0) is 19.8 Å². The predicted octanol–water partition coefficient (Wildman–Crippen LogP) is 1.28. The van der Waals surface area contributed by atoms with Gasteiger partial charge in [0.25, 0.3) is 0 Å². The van der Waals surface area contributed by atoms with Gasteiger partial charge in [-0.2, -0.15) is 0 Å². The van der Waals surface area contributed by atoms with Crippen LogP contribution in [0.25, 0.3) is 0 Å². The highest BCUT2D eigenvalue weighted by molar-refractivity contribution is 4.69. The maximum atomic E-state index is 5.10. The van der Waals surface area contributed by atoms with Gasteiger partial charge in [0.2, 0.25) is 0 Å². The lowest BCUT2D eigenvalue weighted by Crippen LogP contribution is -2.38. The fourth-order valence-corrected chi connectivity index (χ4v) is 1.36. The number of nitrogens with zero attached hydrogens (tertiary/aromatic N) is 1. The molecule has 0 amide bonds. The van der Waals surface area contributed by atoms with Gasteiger partial charge in [-0.1, -0.05) is 6.42 Å². The molecule has 1 heterocycles. The summed E-state index contributed by atoms with van der Waals surface area (Å²) in [6.07, 6.45) is 4.04. The normalized spacial score (nSPS) is 24.6. The van der Waals surface area contributed by atoms with Crippen LogP contribution >= 0.6 is 0 Å². The van der Waals surface area contributed by atoms with Gasteiger partial charge < -0.3 is 4.74 Å². The zero-order valence-corrected chi connectivity index (χ0v) is 6.68. The van der Waals surface area contributed by atoms with Crippen molar-refractivity contribution >= 4 is 0 Å². The second-order valence-electron chi connectivity index (χ2n) is 2.79. The summed E-state index contributed by atoms with van der Waals surface area (Å²) in [5.74, 6) is 0. The highest BCUT2D eigenvalue weighted by Crippen LogP contribution is 2.11. The number of ether oxygens (including phenoxy) is 1. The van der Waals surface area contributed by atoms with Gasteiger partial charge in [0.15, 0.2) is 0 Å². The van der Waals surface area contributed by atoms with E-state index in [2.05, 4.69) is 11.8 Å². The summed E-state index contributed by atoms with van der Waals surface area (Å²) in [5.41, 5.74) is 0. The van der Waals surface area contributed by atoms with Crippen molar-refractivity contribution in [2.75, 3.05) is 20.2 Å². The molecular formula is C8H16NO. The van der Waals surface area contributed by atoms with E-state index in [1.807, 2.05) is 0 Å². The number of hydrogen-bond acceptors (Lipinski definition) is 2. The Labute approximate surface area is 63.2 Å². The Morgan fingerprint density at radius 3 is 2.40 bits per heavy atom. The van der Waals surface area contributed by atoms with Crippen LogP contribution in [0.1, 0.15) is 19.3 Å². The van der Waals surface area contributed by atoms with Gasteiger partial charge in [0.05, 0.1) is 0 Å². The van der Waals surface area contributed by atoms with E-state index >= 15 is 0 Å². The van der Waals surface area contributed by atoms with Gasteiger partial charge in [-0.25, -0.2) is 0 Å². The molecule has 0 aromatic carbocycles. The monoisotopic (exact) mass is 142 g/mol. The summed E-state index contributed by atoms with van der Waals surface area (Å²) in [5, 5.41) is 0. The van der Waals surface area contributed by atoms with Gasteiger partial charge in [-0.3, -0.25) is 4.90 Å². The molecule has 0 aliphatic carbocycles. The predicted molar refractivity (Wildman–Crippen MR) is 41.6 cm³/mol. The molecule has 0 aromatic rings. The fraction of sp³-hybridized carbons (Fsp3) is 0.875. The van der Waals surface area contributed by atoms with Crippen LogP contribution in [-0.4, -0.2) is 31.3 Å². The van der Waals surface area contributed by atoms with Crippen LogP contribution in [0.15, 0.2) is 0 Å². The summed E-state index contributed by atoms with van der Waals surface area (Å²) in [7, 11) is 1.71. The highest BCUT2D eigenvalue weighted by atomic mass is 16.5. The van der Waals surface area contributed by atoms with Crippen molar-refractivity contribution in [3.8, 4) is 0 Å². The largest absolute Gasteiger partial charge is 0.366 e. The van der Waals surface area contributed by atoms with Gasteiger partial charge in [-0.15, -0.1) is 0 Å². The van der Waals surface area contributed by atoms with Crippen molar-refractivity contribution < 1.29 is 4.74 Å². The van der Waals surface area contributed by atoms with E-state index in [0.29, 0.717) is 0 Å². The number of hydrogen-bond donors (Lipinski definition) is 0. The molecule has 1 atom stereocenters. The molecule has 0 spiro atoms. The van der Waals surface area contributed by atoms with Crippen molar-refractivity contribution in [2.45, 2.75) is 25.5 Å². The fourth-order valence-electron chi connectivity index (χ4n) is 1.36. The summed E-state index contributed by atoms with van der Waals surface area (Å²) in [4.78, 5) is 2.28. The van der Waals surface area contributed by atoms with Gasteiger partial charge in [0.1, 0.15) is 6.23 Å². The lowest BCUT2D eigenvalue weighted by Gasteiger charge is -2.30. The number of rotatable bonds is 2. The molecule has 1 unspecified atom stereocenters. The van der Waals surface area contributed by atoms with Crippen molar-refractivity contribution in [1.82, 2.24) is 4.90 Å². The zero-order chi connectivity index (χ0) is 7.40. The molecule has 2 heteroatoms. The lowest BCUT2D eigenvalue weighted by atomic mass is 10.1. The first-order chi connectivity index (χ1) is 4.84. The average molecular weight is 142 g/mol. The molecule has 1 fully saturated rings. The second kappa shape index (κ2) is 3.94. The van der Waals surface area contributed by atoms with E-state index in [9.17, 15) is 0 Å². The summed E-state index contributed by atoms with van der Waals surface area (Å²) < 4.78 is 5.10. The third-order valence-electron chi connectivity index (χ3n) is 2.07. The standard InChI is InChI=1S/C8H16NO/c1-8(10-2)9-6-4-3-5-7-9/h8H,1,3-7H2,2H3. The average Bonchev–Trinajstić information content (AvgIpc) is 2.05. The van der Waals surface area contributed by atoms with Crippen LogP contribution in [0.3, 0.4) is 0 Å². The molecule has 1 rings (SSSR count). The third kappa shape index (κ3) is 1.96. The number of piperidine rings is 1. The molecule has 1 aliphatic heterocycles. The summed E-state index contributed by atoms with van der Waals surface area (Å²) in [6.45, 7) is 6.19. The van der Waals surface area contributed by atoms with Crippen molar-refractivity contribution in [2.24, 2.45) is 0 Å². The van der Waals surface area contributed by atoms with Crippen LogP contribution in [0.4, 0.5) is 0 Å². The summed E-state index contributed by atoms with van der Waals surface area (Å²) in [6, 6.07) is 0. The molecule has 1 saturated heterocycles. The van der Waals surface area contributed by atoms with E-state index < -0.39 is 0 Å². The van der Waals surface area contributed by atoms with Crippen molar-refractivity contribution in [3.05, 3.63) is 6.92 Å². The van der Waals surface area contributed by atoms with Crippen LogP contribution in [0, 0.1) is 6.92 Å². The Balaban J connectivity index is 2.24. The molecule has 0 bridgehead atoms. The van der Waals surface area contributed by atoms with E-state index in [1.165, 1.54) is 19.3 Å². The SMILES string of the molecule is [CH2]C(OC)N1CCCCC1. The maximum Gasteiger partial charge on any atom is 0.110 e. The second-order valence-corrected chi connectivity index (χ2v) is 2.79. The molecule has 0 N–H and O–H groups in total. The van der Waals surface area contributed by atoms with Crippen LogP contribution in [0.2, 0.25) is 0 Å². The first-order valence-corrected chi connectivity index (χ1v) is 3.94. The minimum absolute atomic E-state index is 0.0697. The Kier molecular flexibility index (Phi) is 3.16. The summed E-state index contributed by atoms with van der Waals surface area (Å²) >= 11 is 0. The zero-order valence-electron chi connectivity index (χ0n) is 6.68. The number of methoxy groups -OCH3 is 1.